The Kier molecular flexibility index (Phi) is 72.8. The van der Waals surface area contributed by atoms with E-state index in [1.54, 1.807) is 0 Å². The van der Waals surface area contributed by atoms with Gasteiger partial charge in [0.15, 0.2) is 0 Å². The number of nitrogens with one attached hydrogen (secondary N) is 1. The van der Waals surface area contributed by atoms with Gasteiger partial charge in [0.2, 0.25) is 5.91 Å². The summed E-state index contributed by atoms with van der Waals surface area (Å²) in [6, 6.07) is -0.538. The standard InChI is InChI=1S/C78H153NO5/c1-3-5-7-9-11-13-15-17-19-21-35-40-44-48-52-56-60-64-68-72-78(83)84-73-69-65-61-57-53-49-45-41-37-34-32-30-28-26-24-23-25-27-29-31-33-36-39-43-47-51-55-59-63-67-71-77(82)79-75(74-80)76(81)70-66-62-58-54-50-46-42-38-22-20-18-16-14-12-10-8-6-4-2/h17,19,75-76,80-81H,3-16,18,20-74H2,1-2H3,(H,79,82)/b19-17-. The molecule has 0 aliphatic rings. The van der Waals surface area contributed by atoms with Crippen LogP contribution in [0.5, 0.6) is 0 Å². The van der Waals surface area contributed by atoms with E-state index in [2.05, 4.69) is 31.3 Å². The molecule has 1 amide bonds. The summed E-state index contributed by atoms with van der Waals surface area (Å²) in [7, 11) is 0. The SMILES string of the molecule is CCCCCCCC/C=C\CCCCCCCCCCCC(=O)OCCCCCCCCCCCCCCCCCCCCCCCCCCCCCCCCC(=O)NC(CO)C(O)CCCCCCCCCCCCCCCCCCCC. The molecule has 0 aromatic rings. The van der Waals surface area contributed by atoms with Crippen LogP contribution < -0.4 is 5.32 Å². The largest absolute Gasteiger partial charge is 0.466 e. The third kappa shape index (κ3) is 69.7. The molecule has 0 aromatic heterocycles. The van der Waals surface area contributed by atoms with Crippen LogP contribution in [-0.2, 0) is 14.3 Å². The maximum atomic E-state index is 12.5. The van der Waals surface area contributed by atoms with Gasteiger partial charge in [0.1, 0.15) is 0 Å². The third-order valence-electron chi connectivity index (χ3n) is 18.6. The van der Waals surface area contributed by atoms with E-state index in [0.29, 0.717) is 25.9 Å². The molecule has 2 atom stereocenters. The van der Waals surface area contributed by atoms with Gasteiger partial charge in [-0.25, -0.2) is 0 Å². The minimum atomic E-state index is -0.661. The Morgan fingerprint density at radius 2 is 0.560 bits per heavy atom. The van der Waals surface area contributed by atoms with Crippen LogP contribution in [0, 0.1) is 0 Å². The van der Waals surface area contributed by atoms with E-state index in [9.17, 15) is 19.8 Å². The highest BCUT2D eigenvalue weighted by atomic mass is 16.5. The number of aliphatic hydroxyl groups excluding tert-OH is 2. The minimum Gasteiger partial charge on any atom is -0.466 e. The van der Waals surface area contributed by atoms with E-state index in [1.807, 2.05) is 0 Å². The number of ether oxygens (including phenoxy) is 1. The van der Waals surface area contributed by atoms with Crippen molar-refractivity contribution in [1.29, 1.82) is 0 Å². The average Bonchev–Trinajstić information content (AvgIpc) is 3.51. The van der Waals surface area contributed by atoms with Gasteiger partial charge in [-0.3, -0.25) is 9.59 Å². The lowest BCUT2D eigenvalue weighted by molar-refractivity contribution is -0.143. The van der Waals surface area contributed by atoms with Crippen LogP contribution in [0.1, 0.15) is 450 Å². The van der Waals surface area contributed by atoms with Crippen LogP contribution in [0.25, 0.3) is 0 Å². The summed E-state index contributed by atoms with van der Waals surface area (Å²) in [6.07, 6.45) is 92.9. The first-order valence-electron chi connectivity index (χ1n) is 38.9. The highest BCUT2D eigenvalue weighted by molar-refractivity contribution is 5.76. The number of unbranched alkanes of at least 4 members (excludes halogenated alkanes) is 61. The third-order valence-corrected chi connectivity index (χ3v) is 18.6. The van der Waals surface area contributed by atoms with Crippen molar-refractivity contribution in [1.82, 2.24) is 5.32 Å². The number of amides is 1. The Morgan fingerprint density at radius 3 is 0.845 bits per heavy atom. The van der Waals surface area contributed by atoms with Gasteiger partial charge >= 0.3 is 5.97 Å². The van der Waals surface area contributed by atoms with Crippen molar-refractivity contribution in [2.75, 3.05) is 13.2 Å². The Balaban J connectivity index is 3.31. The first-order chi connectivity index (χ1) is 41.5. The lowest BCUT2D eigenvalue weighted by atomic mass is 10.0. The summed E-state index contributed by atoms with van der Waals surface area (Å²) in [4.78, 5) is 24.7. The normalized spacial score (nSPS) is 12.5. The summed E-state index contributed by atoms with van der Waals surface area (Å²) in [5.74, 6) is -0.00521. The highest BCUT2D eigenvalue weighted by Gasteiger charge is 2.20. The smallest absolute Gasteiger partial charge is 0.305 e. The quantitative estimate of drug-likeness (QED) is 0.0320. The second-order valence-electron chi connectivity index (χ2n) is 27.0. The molecule has 0 spiro atoms. The Bertz CT molecular complexity index is 1270. The predicted molar refractivity (Wildman–Crippen MR) is 370 cm³/mol. The lowest BCUT2D eigenvalue weighted by Gasteiger charge is -2.22. The van der Waals surface area contributed by atoms with Gasteiger partial charge in [-0.1, -0.05) is 398 Å². The molecule has 3 N–H and O–H groups in total. The second-order valence-corrected chi connectivity index (χ2v) is 27.0. The van der Waals surface area contributed by atoms with Crippen molar-refractivity contribution in [3.8, 4) is 0 Å². The molecule has 0 heterocycles. The van der Waals surface area contributed by atoms with Crippen LogP contribution >= 0.6 is 0 Å². The van der Waals surface area contributed by atoms with Crippen molar-refractivity contribution < 1.29 is 24.5 Å². The summed E-state index contributed by atoms with van der Waals surface area (Å²) >= 11 is 0. The number of allylic oxidation sites excluding steroid dienone is 2. The number of carbonyl (C=O) groups is 2. The van der Waals surface area contributed by atoms with Crippen molar-refractivity contribution >= 4 is 11.9 Å². The maximum Gasteiger partial charge on any atom is 0.305 e. The molecule has 0 aliphatic carbocycles. The van der Waals surface area contributed by atoms with Crippen molar-refractivity contribution in [2.45, 2.75) is 463 Å². The van der Waals surface area contributed by atoms with Crippen molar-refractivity contribution in [2.24, 2.45) is 0 Å². The molecule has 0 saturated carbocycles. The van der Waals surface area contributed by atoms with E-state index in [-0.39, 0.29) is 18.5 Å². The fourth-order valence-corrected chi connectivity index (χ4v) is 12.6. The molecule has 0 saturated heterocycles. The second kappa shape index (κ2) is 74.1. The van der Waals surface area contributed by atoms with Crippen molar-refractivity contribution in [3.63, 3.8) is 0 Å². The van der Waals surface area contributed by atoms with Gasteiger partial charge in [0, 0.05) is 12.8 Å². The van der Waals surface area contributed by atoms with Gasteiger partial charge in [-0.15, -0.1) is 0 Å². The van der Waals surface area contributed by atoms with Crippen LogP contribution in [-0.4, -0.2) is 47.4 Å². The van der Waals surface area contributed by atoms with Gasteiger partial charge in [0.05, 0.1) is 25.4 Å². The average molecular weight is 1190 g/mol. The van der Waals surface area contributed by atoms with Gasteiger partial charge in [0.25, 0.3) is 0 Å². The van der Waals surface area contributed by atoms with E-state index >= 15 is 0 Å². The molecule has 84 heavy (non-hydrogen) atoms. The number of carbonyl (C=O) groups excluding carboxylic acids is 2. The molecule has 0 aliphatic heterocycles. The molecule has 0 bridgehead atoms. The van der Waals surface area contributed by atoms with E-state index in [1.165, 1.54) is 379 Å². The number of hydrogen-bond donors (Lipinski definition) is 3. The van der Waals surface area contributed by atoms with Gasteiger partial charge < -0.3 is 20.3 Å². The molecule has 6 nitrogen and oxygen atoms in total. The Morgan fingerprint density at radius 1 is 0.321 bits per heavy atom. The zero-order chi connectivity index (χ0) is 60.6. The first kappa shape index (κ1) is 82.6. The maximum absolute atomic E-state index is 12.5. The Hall–Kier alpha value is -1.40. The number of rotatable bonds is 74. The molecule has 6 heteroatoms. The molecular weight excluding hydrogens is 1030 g/mol. The van der Waals surface area contributed by atoms with Gasteiger partial charge in [-0.05, 0) is 51.4 Å². The van der Waals surface area contributed by atoms with Crippen LogP contribution in [0.15, 0.2) is 12.2 Å². The summed E-state index contributed by atoms with van der Waals surface area (Å²) in [5.41, 5.74) is 0. The molecule has 0 aromatic carbocycles. The molecule has 2 unspecified atom stereocenters. The number of esters is 1. The highest BCUT2D eigenvalue weighted by Crippen LogP contribution is 2.20. The van der Waals surface area contributed by atoms with E-state index < -0.39 is 12.1 Å². The molecule has 0 radical (unpaired) electrons. The predicted octanol–water partition coefficient (Wildman–Crippen LogP) is 25.5. The van der Waals surface area contributed by atoms with Crippen LogP contribution in [0.4, 0.5) is 0 Å². The van der Waals surface area contributed by atoms with Crippen molar-refractivity contribution in [3.05, 3.63) is 12.2 Å². The zero-order valence-corrected chi connectivity index (χ0v) is 57.4. The monoisotopic (exact) mass is 1180 g/mol. The lowest BCUT2D eigenvalue weighted by Crippen LogP contribution is -2.45. The van der Waals surface area contributed by atoms with Crippen LogP contribution in [0.2, 0.25) is 0 Å². The molecule has 500 valence electrons. The molecule has 0 rings (SSSR count). The minimum absolute atomic E-state index is 0.0210. The number of aliphatic hydroxyl groups is 2. The van der Waals surface area contributed by atoms with E-state index in [4.69, 9.17) is 4.74 Å². The topological polar surface area (TPSA) is 95.9 Å². The molecule has 0 fully saturated rings. The molecular formula is C78H153NO5. The fourth-order valence-electron chi connectivity index (χ4n) is 12.6. The summed E-state index contributed by atoms with van der Waals surface area (Å²) < 4.78 is 5.52. The van der Waals surface area contributed by atoms with E-state index in [0.717, 1.165) is 38.5 Å². The summed E-state index contributed by atoms with van der Waals surface area (Å²) in [6.45, 7) is 5.00. The zero-order valence-electron chi connectivity index (χ0n) is 57.4. The first-order valence-corrected chi connectivity index (χ1v) is 38.9. The van der Waals surface area contributed by atoms with Crippen LogP contribution in [0.3, 0.4) is 0 Å². The Labute approximate surface area is 527 Å². The van der Waals surface area contributed by atoms with Gasteiger partial charge in [-0.2, -0.15) is 0 Å². The number of hydrogen-bond acceptors (Lipinski definition) is 5. The fraction of sp³-hybridized carbons (Fsp3) is 0.949. The summed E-state index contributed by atoms with van der Waals surface area (Å²) in [5, 5.41) is 23.4.